The second-order valence-electron chi connectivity index (χ2n) is 8.75. The Balaban J connectivity index is 1.58. The average Bonchev–Trinajstić information content (AvgIpc) is 2.79. The van der Waals surface area contributed by atoms with Gasteiger partial charge in [-0.3, -0.25) is 0 Å². The quantitative estimate of drug-likeness (QED) is 0.283. The van der Waals surface area contributed by atoms with Crippen LogP contribution in [0, 0.1) is 5.82 Å². The first-order chi connectivity index (χ1) is 15.2. The molecule has 0 aromatic heterocycles. The minimum Gasteiger partial charge on any atom is -0.494 e. The molecular weight excluding hydrogens is 387 g/mol. The van der Waals surface area contributed by atoms with Crippen molar-refractivity contribution in [1.29, 1.82) is 0 Å². The molecule has 0 heterocycles. The van der Waals surface area contributed by atoms with E-state index in [0.717, 1.165) is 54.7 Å². The van der Waals surface area contributed by atoms with Crippen LogP contribution in [-0.4, -0.2) is 13.2 Å². The molecule has 0 N–H and O–H groups in total. The van der Waals surface area contributed by atoms with Crippen molar-refractivity contribution in [3.8, 4) is 22.6 Å². The molecule has 170 valence electrons. The first-order valence-electron chi connectivity index (χ1n) is 12.4. The molecule has 0 spiro atoms. The number of fused-ring (bicyclic) bond motifs is 3. The van der Waals surface area contributed by atoms with E-state index in [0.29, 0.717) is 18.8 Å². The van der Waals surface area contributed by atoms with Gasteiger partial charge in [0.2, 0.25) is 0 Å². The van der Waals surface area contributed by atoms with Crippen molar-refractivity contribution in [2.45, 2.75) is 90.9 Å². The molecule has 1 aliphatic rings. The Hall–Kier alpha value is -2.03. The molecule has 2 nitrogen and oxygen atoms in total. The van der Waals surface area contributed by atoms with Gasteiger partial charge < -0.3 is 9.47 Å². The zero-order valence-corrected chi connectivity index (χ0v) is 19.5. The molecule has 0 amide bonds. The van der Waals surface area contributed by atoms with Gasteiger partial charge in [-0.15, -0.1) is 0 Å². The van der Waals surface area contributed by atoms with E-state index in [-0.39, 0.29) is 5.82 Å². The summed E-state index contributed by atoms with van der Waals surface area (Å²) in [6.07, 6.45) is 13.6. The van der Waals surface area contributed by atoms with Gasteiger partial charge in [-0.1, -0.05) is 77.3 Å². The van der Waals surface area contributed by atoms with Crippen LogP contribution in [0.5, 0.6) is 11.5 Å². The van der Waals surface area contributed by atoms with Crippen molar-refractivity contribution in [3.05, 3.63) is 47.3 Å². The second kappa shape index (κ2) is 12.7. The van der Waals surface area contributed by atoms with Crippen LogP contribution in [0.3, 0.4) is 0 Å². The summed E-state index contributed by atoms with van der Waals surface area (Å²) in [5.41, 5.74) is 4.17. The molecule has 0 unspecified atom stereocenters. The van der Waals surface area contributed by atoms with Gasteiger partial charge in [-0.05, 0) is 66.1 Å². The third-order valence-electron chi connectivity index (χ3n) is 6.24. The Kier molecular flexibility index (Phi) is 9.71. The van der Waals surface area contributed by atoms with Gasteiger partial charge in [0.1, 0.15) is 5.75 Å². The zero-order chi connectivity index (χ0) is 21.9. The first kappa shape index (κ1) is 23.6. The highest BCUT2D eigenvalue weighted by molar-refractivity contribution is 5.75. The molecule has 0 bridgehead atoms. The predicted molar refractivity (Wildman–Crippen MR) is 128 cm³/mol. The molecule has 1 aliphatic carbocycles. The van der Waals surface area contributed by atoms with Crippen molar-refractivity contribution in [1.82, 2.24) is 0 Å². The SMILES string of the molecule is CCCCCCCOc1ccc2c(c1)CCc1c-2ccc(OCCCCCCC)c1F. The summed E-state index contributed by atoms with van der Waals surface area (Å²) in [7, 11) is 0. The first-order valence-corrected chi connectivity index (χ1v) is 12.4. The van der Waals surface area contributed by atoms with Crippen LogP contribution >= 0.6 is 0 Å². The summed E-state index contributed by atoms with van der Waals surface area (Å²) in [4.78, 5) is 0. The van der Waals surface area contributed by atoms with E-state index in [1.165, 1.54) is 50.5 Å². The van der Waals surface area contributed by atoms with Crippen LogP contribution in [0.4, 0.5) is 4.39 Å². The molecule has 2 aromatic rings. The number of hydrogen-bond donors (Lipinski definition) is 0. The third-order valence-corrected chi connectivity index (χ3v) is 6.24. The molecule has 0 radical (unpaired) electrons. The van der Waals surface area contributed by atoms with Crippen molar-refractivity contribution >= 4 is 0 Å². The van der Waals surface area contributed by atoms with Gasteiger partial charge in [0.05, 0.1) is 13.2 Å². The van der Waals surface area contributed by atoms with Crippen LogP contribution in [0.2, 0.25) is 0 Å². The fraction of sp³-hybridized carbons (Fsp3) is 0.571. The fourth-order valence-electron chi connectivity index (χ4n) is 4.38. The summed E-state index contributed by atoms with van der Waals surface area (Å²) in [5.74, 6) is 1.16. The van der Waals surface area contributed by atoms with Crippen molar-refractivity contribution in [2.24, 2.45) is 0 Å². The predicted octanol–water partition coefficient (Wildman–Crippen LogP) is 8.29. The maximum atomic E-state index is 15.1. The van der Waals surface area contributed by atoms with Crippen molar-refractivity contribution in [3.63, 3.8) is 0 Å². The largest absolute Gasteiger partial charge is 0.494 e. The van der Waals surface area contributed by atoms with Crippen LogP contribution in [-0.2, 0) is 12.8 Å². The Morgan fingerprint density at radius 3 is 2.06 bits per heavy atom. The highest BCUT2D eigenvalue weighted by Gasteiger charge is 2.22. The normalized spacial score (nSPS) is 12.4. The molecular formula is C28H39FO2. The number of halogens is 1. The van der Waals surface area contributed by atoms with Gasteiger partial charge in [0, 0.05) is 0 Å². The van der Waals surface area contributed by atoms with Crippen LogP contribution < -0.4 is 9.47 Å². The van der Waals surface area contributed by atoms with E-state index in [4.69, 9.17) is 9.47 Å². The Bertz CT molecular complexity index is 815. The molecule has 0 aliphatic heterocycles. The van der Waals surface area contributed by atoms with Crippen LogP contribution in [0.25, 0.3) is 11.1 Å². The van der Waals surface area contributed by atoms with Crippen LogP contribution in [0.15, 0.2) is 30.3 Å². The standard InChI is InChI=1S/C28H39FO2/c1-3-5-7-9-11-19-30-23-14-16-24-22(21-23)13-15-26-25(24)17-18-27(28(26)29)31-20-12-10-8-6-4-2/h14,16-18,21H,3-13,15,19-20H2,1-2H3. The Labute approximate surface area is 188 Å². The molecule has 3 rings (SSSR count). The summed E-state index contributed by atoms with van der Waals surface area (Å²) in [5, 5.41) is 0. The molecule has 0 saturated carbocycles. The van der Waals surface area contributed by atoms with E-state index in [2.05, 4.69) is 26.0 Å². The van der Waals surface area contributed by atoms with E-state index in [1.54, 1.807) is 6.07 Å². The van der Waals surface area contributed by atoms with E-state index in [9.17, 15) is 0 Å². The van der Waals surface area contributed by atoms with E-state index < -0.39 is 0 Å². The Morgan fingerprint density at radius 1 is 0.710 bits per heavy atom. The minimum atomic E-state index is -0.177. The number of ether oxygens (including phenoxy) is 2. The molecule has 0 saturated heterocycles. The molecule has 0 fully saturated rings. The summed E-state index contributed by atoms with van der Waals surface area (Å²) < 4.78 is 26.8. The van der Waals surface area contributed by atoms with Gasteiger partial charge >= 0.3 is 0 Å². The van der Waals surface area contributed by atoms with Gasteiger partial charge in [0.25, 0.3) is 0 Å². The van der Waals surface area contributed by atoms with Crippen molar-refractivity contribution in [2.75, 3.05) is 13.2 Å². The summed E-state index contributed by atoms with van der Waals surface area (Å²) >= 11 is 0. The smallest absolute Gasteiger partial charge is 0.168 e. The fourth-order valence-corrected chi connectivity index (χ4v) is 4.38. The molecule has 0 atom stereocenters. The average molecular weight is 427 g/mol. The molecule has 31 heavy (non-hydrogen) atoms. The highest BCUT2D eigenvalue weighted by atomic mass is 19.1. The Morgan fingerprint density at radius 2 is 1.35 bits per heavy atom. The van der Waals surface area contributed by atoms with Gasteiger partial charge in [-0.25, -0.2) is 4.39 Å². The highest BCUT2D eigenvalue weighted by Crippen LogP contribution is 2.39. The topological polar surface area (TPSA) is 18.5 Å². The maximum Gasteiger partial charge on any atom is 0.168 e. The third kappa shape index (κ3) is 6.72. The van der Waals surface area contributed by atoms with E-state index >= 15 is 4.39 Å². The number of unbranched alkanes of at least 4 members (excludes halogenated alkanes) is 8. The number of benzene rings is 2. The lowest BCUT2D eigenvalue weighted by Gasteiger charge is -2.22. The van der Waals surface area contributed by atoms with Crippen molar-refractivity contribution < 1.29 is 13.9 Å². The minimum absolute atomic E-state index is 0.177. The number of hydrogen-bond acceptors (Lipinski definition) is 2. The lowest BCUT2D eigenvalue weighted by Crippen LogP contribution is -2.09. The maximum absolute atomic E-state index is 15.1. The summed E-state index contributed by atoms with van der Waals surface area (Å²) in [6.45, 7) is 5.81. The van der Waals surface area contributed by atoms with E-state index in [1.807, 2.05) is 12.1 Å². The lowest BCUT2D eigenvalue weighted by molar-refractivity contribution is 0.289. The second-order valence-corrected chi connectivity index (χ2v) is 8.75. The van der Waals surface area contributed by atoms with Gasteiger partial charge in [-0.2, -0.15) is 0 Å². The molecule has 2 aromatic carbocycles. The number of aryl methyl sites for hydroxylation is 1. The lowest BCUT2D eigenvalue weighted by atomic mass is 9.85. The van der Waals surface area contributed by atoms with Gasteiger partial charge in [0.15, 0.2) is 11.6 Å². The zero-order valence-electron chi connectivity index (χ0n) is 19.5. The monoisotopic (exact) mass is 426 g/mol. The summed E-state index contributed by atoms with van der Waals surface area (Å²) in [6, 6.07) is 10.1. The number of rotatable bonds is 14. The van der Waals surface area contributed by atoms with Crippen LogP contribution in [0.1, 0.15) is 89.2 Å². The molecule has 3 heteroatoms.